The molecule has 0 aliphatic heterocycles. The highest BCUT2D eigenvalue weighted by Crippen LogP contribution is 2.38. The van der Waals surface area contributed by atoms with Gasteiger partial charge in [0, 0.05) is 0 Å². The Morgan fingerprint density at radius 2 is 1.18 bits per heavy atom. The summed E-state index contributed by atoms with van der Waals surface area (Å²) in [6, 6.07) is 38.2. The molecule has 0 aromatic heterocycles. The molecule has 4 rings (SSSR count). The van der Waals surface area contributed by atoms with Crippen molar-refractivity contribution in [1.82, 2.24) is 5.32 Å². The van der Waals surface area contributed by atoms with Crippen molar-refractivity contribution in [1.29, 1.82) is 0 Å². The van der Waals surface area contributed by atoms with Gasteiger partial charge in [-0.1, -0.05) is 135 Å². The van der Waals surface area contributed by atoms with E-state index in [4.69, 9.17) is 4.74 Å². The maximum absolute atomic E-state index is 16.1. The molecule has 0 unspecified atom stereocenters. The standard InChI is InChI=1S/C35H36FNO3/c1-3-16-30(34(39)40-2)32(36)33(38)31(25-26-17-8-4-9-18-26)37-35(27-19-10-5-11-20-27,28-21-12-6-13-22-28)29-23-14-7-15-24-29/h4-15,17-24,30-32,37H,3,16,25H2,1-2H3/t30-,31+,32+/m1/s1. The number of carbonyl (C=O) groups is 2. The Hall–Kier alpha value is -4.09. The van der Waals surface area contributed by atoms with E-state index in [1.54, 1.807) is 0 Å². The van der Waals surface area contributed by atoms with Crippen LogP contribution in [0.15, 0.2) is 121 Å². The van der Waals surface area contributed by atoms with Gasteiger partial charge in [-0.2, -0.15) is 0 Å². The van der Waals surface area contributed by atoms with E-state index in [1.807, 2.05) is 128 Å². The molecule has 4 aromatic carbocycles. The van der Waals surface area contributed by atoms with E-state index < -0.39 is 35.4 Å². The number of carbonyl (C=O) groups excluding carboxylic acids is 2. The number of halogens is 1. The molecule has 0 bridgehead atoms. The second-order valence-corrected chi connectivity index (χ2v) is 9.96. The first-order valence-corrected chi connectivity index (χ1v) is 13.7. The zero-order chi connectivity index (χ0) is 28.4. The highest BCUT2D eigenvalue weighted by atomic mass is 19.1. The van der Waals surface area contributed by atoms with Crippen molar-refractivity contribution in [2.45, 2.75) is 43.9 Å². The predicted octanol–water partition coefficient (Wildman–Crippen LogP) is 6.68. The Morgan fingerprint density at radius 3 is 1.57 bits per heavy atom. The van der Waals surface area contributed by atoms with Crippen LogP contribution in [0.3, 0.4) is 0 Å². The van der Waals surface area contributed by atoms with Gasteiger partial charge in [0.15, 0.2) is 12.0 Å². The van der Waals surface area contributed by atoms with Crippen LogP contribution < -0.4 is 5.32 Å². The Bertz CT molecular complexity index is 1250. The van der Waals surface area contributed by atoms with E-state index >= 15 is 4.39 Å². The quantitative estimate of drug-likeness (QED) is 0.153. The van der Waals surface area contributed by atoms with Crippen molar-refractivity contribution in [3.05, 3.63) is 144 Å². The molecule has 0 aliphatic rings. The van der Waals surface area contributed by atoms with E-state index in [1.165, 1.54) is 7.11 Å². The van der Waals surface area contributed by atoms with Crippen molar-refractivity contribution in [3.8, 4) is 0 Å². The normalized spacial score (nSPS) is 13.7. The van der Waals surface area contributed by atoms with Crippen LogP contribution in [0.5, 0.6) is 0 Å². The van der Waals surface area contributed by atoms with Crippen LogP contribution in [-0.4, -0.2) is 31.1 Å². The fourth-order valence-corrected chi connectivity index (χ4v) is 5.38. The molecule has 0 amide bonds. The zero-order valence-corrected chi connectivity index (χ0v) is 23.0. The summed E-state index contributed by atoms with van der Waals surface area (Å²) in [7, 11) is 1.23. The molecule has 4 aromatic rings. The van der Waals surface area contributed by atoms with Crippen molar-refractivity contribution >= 4 is 11.8 Å². The average molecular weight is 538 g/mol. The van der Waals surface area contributed by atoms with Gasteiger partial charge < -0.3 is 4.74 Å². The Balaban J connectivity index is 1.89. The first-order chi connectivity index (χ1) is 19.5. The molecule has 0 fully saturated rings. The average Bonchev–Trinajstić information content (AvgIpc) is 3.02. The third kappa shape index (κ3) is 6.37. The van der Waals surface area contributed by atoms with Crippen LogP contribution >= 0.6 is 0 Å². The number of esters is 1. The predicted molar refractivity (Wildman–Crippen MR) is 157 cm³/mol. The molecule has 0 spiro atoms. The van der Waals surface area contributed by atoms with Gasteiger partial charge in [-0.3, -0.25) is 14.9 Å². The lowest BCUT2D eigenvalue weighted by molar-refractivity contribution is -0.151. The summed E-state index contributed by atoms with van der Waals surface area (Å²) < 4.78 is 21.0. The summed E-state index contributed by atoms with van der Waals surface area (Å²) in [6.45, 7) is 1.86. The number of methoxy groups -OCH3 is 1. The molecule has 4 nitrogen and oxygen atoms in total. The first-order valence-electron chi connectivity index (χ1n) is 13.7. The number of Topliss-reactive ketones (excluding diaryl/α,β-unsaturated/α-hetero) is 1. The van der Waals surface area contributed by atoms with Gasteiger partial charge in [0.05, 0.1) is 24.6 Å². The monoisotopic (exact) mass is 537 g/mol. The van der Waals surface area contributed by atoms with Gasteiger partial charge in [-0.15, -0.1) is 0 Å². The van der Waals surface area contributed by atoms with Crippen molar-refractivity contribution in [2.75, 3.05) is 7.11 Å². The molecule has 0 aliphatic carbocycles. The fourth-order valence-electron chi connectivity index (χ4n) is 5.38. The fraction of sp³-hybridized carbons (Fsp3) is 0.257. The van der Waals surface area contributed by atoms with Crippen LogP contribution in [0.25, 0.3) is 0 Å². The lowest BCUT2D eigenvalue weighted by Gasteiger charge is -2.40. The van der Waals surface area contributed by atoms with E-state index in [9.17, 15) is 9.59 Å². The summed E-state index contributed by atoms with van der Waals surface area (Å²) in [6.07, 6.45) is -1.01. The number of rotatable bonds is 13. The summed E-state index contributed by atoms with van der Waals surface area (Å²) in [4.78, 5) is 26.7. The van der Waals surface area contributed by atoms with Gasteiger partial charge in [-0.05, 0) is 35.1 Å². The largest absolute Gasteiger partial charge is 0.469 e. The van der Waals surface area contributed by atoms with Crippen LogP contribution in [0.4, 0.5) is 4.39 Å². The number of ketones is 1. The topological polar surface area (TPSA) is 55.4 Å². The first kappa shape index (κ1) is 28.9. The smallest absolute Gasteiger partial charge is 0.312 e. The van der Waals surface area contributed by atoms with Crippen LogP contribution in [0.1, 0.15) is 42.0 Å². The highest BCUT2D eigenvalue weighted by Gasteiger charge is 2.43. The third-order valence-electron chi connectivity index (χ3n) is 7.37. The molecular weight excluding hydrogens is 501 g/mol. The van der Waals surface area contributed by atoms with Crippen molar-refractivity contribution in [2.24, 2.45) is 5.92 Å². The minimum atomic E-state index is -2.02. The summed E-state index contributed by atoms with van der Waals surface area (Å²) in [5, 5.41) is 3.66. The molecule has 0 radical (unpaired) electrons. The Morgan fingerprint density at radius 1 is 0.750 bits per heavy atom. The van der Waals surface area contributed by atoms with Crippen molar-refractivity contribution in [3.63, 3.8) is 0 Å². The van der Waals surface area contributed by atoms with Crippen molar-refractivity contribution < 1.29 is 18.7 Å². The van der Waals surface area contributed by atoms with Crippen LogP contribution in [0, 0.1) is 5.92 Å². The van der Waals surface area contributed by atoms with Gasteiger partial charge in [0.2, 0.25) is 0 Å². The van der Waals surface area contributed by atoms with Crippen LogP contribution in [0.2, 0.25) is 0 Å². The molecule has 0 heterocycles. The highest BCUT2D eigenvalue weighted by molar-refractivity contribution is 5.93. The van der Waals surface area contributed by atoms with E-state index in [0.29, 0.717) is 6.42 Å². The number of hydrogen-bond acceptors (Lipinski definition) is 4. The minimum absolute atomic E-state index is 0.221. The summed E-state index contributed by atoms with van der Waals surface area (Å²) >= 11 is 0. The molecule has 5 heteroatoms. The van der Waals surface area contributed by atoms with E-state index in [-0.39, 0.29) is 12.8 Å². The number of alkyl halides is 1. The van der Waals surface area contributed by atoms with Gasteiger partial charge >= 0.3 is 5.97 Å². The third-order valence-corrected chi connectivity index (χ3v) is 7.37. The molecule has 0 saturated carbocycles. The van der Waals surface area contributed by atoms with Gasteiger partial charge in [-0.25, -0.2) is 4.39 Å². The summed E-state index contributed by atoms with van der Waals surface area (Å²) in [5.41, 5.74) is 2.63. The van der Waals surface area contributed by atoms with Crippen LogP contribution in [-0.2, 0) is 26.3 Å². The molecule has 3 atom stereocenters. The van der Waals surface area contributed by atoms with Gasteiger partial charge in [0.1, 0.15) is 0 Å². The maximum Gasteiger partial charge on any atom is 0.312 e. The van der Waals surface area contributed by atoms with Gasteiger partial charge in [0.25, 0.3) is 0 Å². The lowest BCUT2D eigenvalue weighted by Crippen LogP contribution is -2.56. The molecular formula is C35H36FNO3. The Labute approximate surface area is 236 Å². The maximum atomic E-state index is 16.1. The number of ether oxygens (including phenoxy) is 1. The minimum Gasteiger partial charge on any atom is -0.469 e. The summed E-state index contributed by atoms with van der Waals surface area (Å²) in [5.74, 6) is -2.54. The molecule has 0 saturated heterocycles. The molecule has 40 heavy (non-hydrogen) atoms. The Kier molecular flexibility index (Phi) is 9.98. The lowest BCUT2D eigenvalue weighted by atomic mass is 9.75. The number of benzene rings is 4. The molecule has 1 N–H and O–H groups in total. The van der Waals surface area contributed by atoms with E-state index in [2.05, 4.69) is 5.32 Å². The van der Waals surface area contributed by atoms with E-state index in [0.717, 1.165) is 22.3 Å². The zero-order valence-electron chi connectivity index (χ0n) is 23.0. The molecule has 206 valence electrons. The number of hydrogen-bond donors (Lipinski definition) is 1. The second kappa shape index (κ2) is 13.8. The number of nitrogens with one attached hydrogen (secondary N) is 1. The second-order valence-electron chi connectivity index (χ2n) is 9.96. The SMILES string of the molecule is CCC[C@@H](C(=O)OC)[C@H](F)C(=O)[C@H](Cc1ccccc1)NC(c1ccccc1)(c1ccccc1)c1ccccc1.